The Balaban J connectivity index is 1.99. The van der Waals surface area contributed by atoms with Crippen molar-refractivity contribution in [2.75, 3.05) is 0 Å². The van der Waals surface area contributed by atoms with Crippen molar-refractivity contribution in [1.29, 1.82) is 0 Å². The smallest absolute Gasteiger partial charge is 0.193 e. The fourth-order valence-electron chi connectivity index (χ4n) is 5.68. The largest absolute Gasteiger partial charge is 0.405 e. The lowest BCUT2D eigenvalue weighted by atomic mass is 9.63. The number of allylic oxidation sites excluding steroid dienone is 2. The SMILES string of the molecule is CC[Si](CC)(CC)OC(C)(C)C(=O)CC[C@@H](C)C1=CC[C@H]2C(=O)CCC[C@]12C. The molecule has 2 aliphatic rings. The summed E-state index contributed by atoms with van der Waals surface area (Å²) >= 11 is 0. The molecule has 0 unspecified atom stereocenters. The van der Waals surface area contributed by atoms with Crippen molar-refractivity contribution in [3.05, 3.63) is 11.6 Å². The number of carbonyl (C=O) groups excluding carboxylic acids is 2. The van der Waals surface area contributed by atoms with Gasteiger partial charge in [0.2, 0.25) is 0 Å². The Bertz CT molecular complexity index is 609. The number of hydrogen-bond acceptors (Lipinski definition) is 3. The minimum absolute atomic E-state index is 0.0263. The molecule has 0 aromatic carbocycles. The Morgan fingerprint density at radius 2 is 1.89 bits per heavy atom. The first-order valence-corrected chi connectivity index (χ1v) is 14.0. The molecular formula is C24H42O3Si. The van der Waals surface area contributed by atoms with Crippen LogP contribution in [0.3, 0.4) is 0 Å². The monoisotopic (exact) mass is 406 g/mol. The first kappa shape index (κ1) is 23.5. The third-order valence-electron chi connectivity index (χ3n) is 7.92. The molecule has 3 atom stereocenters. The average molecular weight is 407 g/mol. The second-order valence-electron chi connectivity index (χ2n) is 9.90. The topological polar surface area (TPSA) is 43.4 Å². The van der Waals surface area contributed by atoms with Crippen molar-refractivity contribution in [2.45, 2.75) is 111 Å². The van der Waals surface area contributed by atoms with E-state index in [-0.39, 0.29) is 17.1 Å². The molecule has 2 rings (SSSR count). The van der Waals surface area contributed by atoms with E-state index in [0.717, 1.165) is 50.2 Å². The Morgan fingerprint density at radius 1 is 1.29 bits per heavy atom. The maximum Gasteiger partial charge on any atom is 0.193 e. The van der Waals surface area contributed by atoms with Gasteiger partial charge in [0.05, 0.1) is 0 Å². The van der Waals surface area contributed by atoms with Crippen LogP contribution in [0.1, 0.15) is 87.0 Å². The number of rotatable bonds is 10. The third-order valence-corrected chi connectivity index (χ3v) is 12.7. The van der Waals surface area contributed by atoms with Gasteiger partial charge in [-0.2, -0.15) is 0 Å². The molecule has 0 heterocycles. The highest BCUT2D eigenvalue weighted by Gasteiger charge is 2.48. The predicted molar refractivity (Wildman–Crippen MR) is 119 cm³/mol. The molecule has 2 aliphatic carbocycles. The molecule has 4 heteroatoms. The van der Waals surface area contributed by atoms with E-state index < -0.39 is 13.9 Å². The summed E-state index contributed by atoms with van der Waals surface area (Å²) in [6.45, 7) is 15.1. The van der Waals surface area contributed by atoms with Crippen LogP contribution >= 0.6 is 0 Å². The lowest BCUT2D eigenvalue weighted by Gasteiger charge is -2.40. The Labute approximate surface area is 173 Å². The molecule has 28 heavy (non-hydrogen) atoms. The third kappa shape index (κ3) is 4.53. The number of ketones is 2. The molecule has 0 saturated heterocycles. The fourth-order valence-corrected chi connectivity index (χ4v) is 8.81. The average Bonchev–Trinajstić information content (AvgIpc) is 3.02. The van der Waals surface area contributed by atoms with Crippen LogP contribution < -0.4 is 0 Å². The van der Waals surface area contributed by atoms with Crippen molar-refractivity contribution in [3.63, 3.8) is 0 Å². The van der Waals surface area contributed by atoms with E-state index in [1.165, 1.54) is 5.57 Å². The molecule has 0 spiro atoms. The van der Waals surface area contributed by atoms with Crippen molar-refractivity contribution in [3.8, 4) is 0 Å². The van der Waals surface area contributed by atoms with Gasteiger partial charge in [-0.15, -0.1) is 0 Å². The summed E-state index contributed by atoms with van der Waals surface area (Å²) in [5.74, 6) is 1.20. The van der Waals surface area contributed by atoms with E-state index >= 15 is 0 Å². The van der Waals surface area contributed by atoms with E-state index in [4.69, 9.17) is 4.43 Å². The van der Waals surface area contributed by atoms with Crippen LogP contribution in [0.15, 0.2) is 11.6 Å². The Morgan fingerprint density at radius 3 is 2.46 bits per heavy atom. The van der Waals surface area contributed by atoms with Gasteiger partial charge in [0, 0.05) is 18.8 Å². The molecule has 1 saturated carbocycles. The summed E-state index contributed by atoms with van der Waals surface area (Å²) in [6, 6.07) is 3.19. The summed E-state index contributed by atoms with van der Waals surface area (Å²) in [5.41, 5.74) is 0.764. The zero-order valence-electron chi connectivity index (χ0n) is 19.3. The second-order valence-corrected chi connectivity index (χ2v) is 14.6. The van der Waals surface area contributed by atoms with Gasteiger partial charge < -0.3 is 4.43 Å². The number of hydrogen-bond donors (Lipinski definition) is 0. The van der Waals surface area contributed by atoms with Gasteiger partial charge in [-0.3, -0.25) is 9.59 Å². The van der Waals surface area contributed by atoms with Gasteiger partial charge in [-0.05, 0) is 69.0 Å². The van der Waals surface area contributed by atoms with Gasteiger partial charge in [0.15, 0.2) is 14.1 Å². The molecule has 0 aliphatic heterocycles. The van der Waals surface area contributed by atoms with E-state index in [9.17, 15) is 9.59 Å². The van der Waals surface area contributed by atoms with Crippen LogP contribution in [-0.2, 0) is 14.0 Å². The predicted octanol–water partition coefficient (Wildman–Crippen LogP) is 6.48. The summed E-state index contributed by atoms with van der Waals surface area (Å²) in [7, 11) is -1.81. The minimum Gasteiger partial charge on any atom is -0.405 e. The molecule has 0 aromatic heterocycles. The zero-order valence-corrected chi connectivity index (χ0v) is 20.3. The standard InChI is InChI=1S/C24H42O3Si/c1-8-28(9-2,10-3)27-23(5,6)22(26)16-13-18(4)19-14-15-20-21(25)12-11-17-24(19,20)7/h14,18,20H,8-13,15-17H2,1-7H3/t18-,20+,24-/m1/s1. The second kappa shape index (κ2) is 8.95. The van der Waals surface area contributed by atoms with Crippen molar-refractivity contribution in [2.24, 2.45) is 17.3 Å². The summed E-state index contributed by atoms with van der Waals surface area (Å²) < 4.78 is 6.54. The highest BCUT2D eigenvalue weighted by Crippen LogP contribution is 2.53. The quantitative estimate of drug-likeness (QED) is 0.308. The van der Waals surface area contributed by atoms with Gasteiger partial charge in [-0.1, -0.05) is 46.3 Å². The van der Waals surface area contributed by atoms with Crippen LogP contribution in [0.5, 0.6) is 0 Å². The lowest BCUT2D eigenvalue weighted by Crippen LogP contribution is -2.48. The van der Waals surface area contributed by atoms with Crippen molar-refractivity contribution >= 4 is 19.9 Å². The van der Waals surface area contributed by atoms with Crippen LogP contribution in [0, 0.1) is 17.3 Å². The van der Waals surface area contributed by atoms with Crippen LogP contribution in [0.25, 0.3) is 0 Å². The summed E-state index contributed by atoms with van der Waals surface area (Å²) in [4.78, 5) is 25.4. The molecule has 0 radical (unpaired) electrons. The fraction of sp³-hybridized carbons (Fsp3) is 0.833. The van der Waals surface area contributed by atoms with Crippen LogP contribution in [-0.4, -0.2) is 25.5 Å². The van der Waals surface area contributed by atoms with Crippen molar-refractivity contribution in [1.82, 2.24) is 0 Å². The minimum atomic E-state index is -1.81. The van der Waals surface area contributed by atoms with Crippen LogP contribution in [0.4, 0.5) is 0 Å². The van der Waals surface area contributed by atoms with E-state index in [1.807, 2.05) is 13.8 Å². The molecular weight excluding hydrogens is 364 g/mol. The molecule has 0 aromatic rings. The zero-order chi connectivity index (χ0) is 21.2. The van der Waals surface area contributed by atoms with Gasteiger partial charge >= 0.3 is 0 Å². The maximum absolute atomic E-state index is 13.0. The summed E-state index contributed by atoms with van der Waals surface area (Å²) in [6.07, 6.45) is 7.49. The number of fused-ring (bicyclic) bond motifs is 1. The Kier molecular flexibility index (Phi) is 7.52. The molecule has 0 amide bonds. The van der Waals surface area contributed by atoms with Gasteiger partial charge in [-0.25, -0.2) is 0 Å². The molecule has 1 fully saturated rings. The van der Waals surface area contributed by atoms with Gasteiger partial charge in [0.1, 0.15) is 11.4 Å². The first-order chi connectivity index (χ1) is 13.0. The van der Waals surface area contributed by atoms with Gasteiger partial charge in [0.25, 0.3) is 0 Å². The molecule has 160 valence electrons. The number of Topliss-reactive ketones (excluding diaryl/α,β-unsaturated/α-hetero) is 2. The van der Waals surface area contributed by atoms with Crippen LogP contribution in [0.2, 0.25) is 18.1 Å². The van der Waals surface area contributed by atoms with E-state index in [2.05, 4.69) is 40.7 Å². The summed E-state index contributed by atoms with van der Waals surface area (Å²) in [5, 5.41) is 0. The molecule has 0 N–H and O–H groups in total. The van der Waals surface area contributed by atoms with E-state index in [1.54, 1.807) is 0 Å². The first-order valence-electron chi connectivity index (χ1n) is 11.5. The number of carbonyl (C=O) groups is 2. The highest BCUT2D eigenvalue weighted by atomic mass is 28.4. The van der Waals surface area contributed by atoms with Crippen molar-refractivity contribution < 1.29 is 14.0 Å². The molecule has 3 nitrogen and oxygen atoms in total. The normalized spacial score (nSPS) is 26.8. The molecule has 0 bridgehead atoms. The van der Waals surface area contributed by atoms with E-state index in [0.29, 0.717) is 18.1 Å². The highest BCUT2D eigenvalue weighted by molar-refractivity contribution is 6.73. The lowest BCUT2D eigenvalue weighted by molar-refractivity contribution is -0.133. The Hall–Kier alpha value is -0.743. The maximum atomic E-state index is 13.0.